The molecule has 0 aliphatic heterocycles. The van der Waals surface area contributed by atoms with E-state index in [4.69, 9.17) is 24.8 Å². The molecule has 0 aliphatic carbocycles. The summed E-state index contributed by atoms with van der Waals surface area (Å²) < 4.78 is 0.334. The quantitative estimate of drug-likeness (QED) is 0.374. The third-order valence-corrected chi connectivity index (χ3v) is 3.20. The van der Waals surface area contributed by atoms with Crippen molar-refractivity contribution in [1.82, 2.24) is 0 Å². The van der Waals surface area contributed by atoms with Crippen LogP contribution in [0.5, 0.6) is 0 Å². The van der Waals surface area contributed by atoms with Gasteiger partial charge in [-0.2, -0.15) is 0 Å². The molecule has 0 unspecified atom stereocenters. The van der Waals surface area contributed by atoms with E-state index in [0.717, 1.165) is 16.7 Å². The van der Waals surface area contributed by atoms with Crippen LogP contribution in [-0.2, 0) is 19.0 Å². The summed E-state index contributed by atoms with van der Waals surface area (Å²) in [5.74, 6) is 0. The van der Waals surface area contributed by atoms with Crippen LogP contribution in [0.1, 0.15) is 16.7 Å². The number of rotatable bonds is 4. The minimum absolute atomic E-state index is 0.0564. The Morgan fingerprint density at radius 2 is 1.89 bits per heavy atom. The maximum absolute atomic E-state index is 10.8. The van der Waals surface area contributed by atoms with E-state index < -0.39 is 4.92 Å². The number of hydrogen-bond acceptors (Lipinski definition) is 4. The fraction of sp³-hybridized carbons (Fsp3) is 0.0714. The van der Waals surface area contributed by atoms with Crippen molar-refractivity contribution in [3.05, 3.63) is 75.3 Å². The molecule has 19 heavy (non-hydrogen) atoms. The zero-order valence-corrected chi connectivity index (χ0v) is 11.5. The molecule has 0 saturated heterocycles. The van der Waals surface area contributed by atoms with E-state index in [1.165, 1.54) is 6.07 Å². The van der Waals surface area contributed by atoms with Crippen LogP contribution in [-0.4, -0.2) is 9.12 Å². The molecule has 0 aromatic heterocycles. The first-order valence-corrected chi connectivity index (χ1v) is 6.42. The number of hydrogen-bond donors (Lipinski definition) is 0. The summed E-state index contributed by atoms with van der Waals surface area (Å²) in [6.45, 7) is 0. The van der Waals surface area contributed by atoms with Crippen molar-refractivity contribution in [2.45, 2.75) is 6.42 Å². The number of nitro benzene ring substituents is 1. The lowest BCUT2D eigenvalue weighted by molar-refractivity contribution is -0.384. The molecule has 0 N–H and O–H groups in total. The minimum atomic E-state index is -0.412. The largest absolute Gasteiger partial charge is 0.428 e. The van der Waals surface area contributed by atoms with Crippen LogP contribution in [0.15, 0.2) is 48.5 Å². The highest BCUT2D eigenvalue weighted by atomic mass is 32.1. The monoisotopic (exact) mass is 288 g/mol. The molecule has 2 rings (SSSR count). The van der Waals surface area contributed by atoms with Gasteiger partial charge in [0.25, 0.3) is 5.69 Å². The molecule has 0 atom stereocenters. The van der Waals surface area contributed by atoms with E-state index >= 15 is 0 Å². The van der Waals surface area contributed by atoms with Crippen LogP contribution in [0, 0.1) is 10.1 Å². The number of thiocarbonyl (C=S) groups is 1. The van der Waals surface area contributed by atoms with Gasteiger partial charge in [-0.05, 0) is 29.2 Å². The first kappa shape index (κ1) is 13.6. The van der Waals surface area contributed by atoms with Gasteiger partial charge in [0.1, 0.15) is 0 Å². The summed E-state index contributed by atoms with van der Waals surface area (Å²) in [5.41, 5.74) is 2.64. The van der Waals surface area contributed by atoms with Crippen molar-refractivity contribution in [2.75, 3.05) is 0 Å². The van der Waals surface area contributed by atoms with Gasteiger partial charge < -0.3 is 24.8 Å². The highest BCUT2D eigenvalue weighted by molar-refractivity contribution is 8.01. The van der Waals surface area contributed by atoms with Gasteiger partial charge >= 0.3 is 0 Å². The third kappa shape index (κ3) is 3.33. The van der Waals surface area contributed by atoms with E-state index in [1.807, 2.05) is 30.3 Å². The Labute approximate surface area is 121 Å². The van der Waals surface area contributed by atoms with Gasteiger partial charge in [-0.25, -0.2) is 0 Å². The van der Waals surface area contributed by atoms with Crippen molar-refractivity contribution in [1.29, 1.82) is 0 Å². The normalized spacial score (nSPS) is 10.1. The Balaban J connectivity index is 2.43. The molecule has 96 valence electrons. The van der Waals surface area contributed by atoms with E-state index in [1.54, 1.807) is 12.1 Å². The predicted molar refractivity (Wildman–Crippen MR) is 81.4 cm³/mol. The minimum Gasteiger partial charge on any atom is -0.428 e. The van der Waals surface area contributed by atoms with Crippen LogP contribution >= 0.6 is 12.2 Å². The summed E-state index contributed by atoms with van der Waals surface area (Å²) in [4.78, 5) is 10.4. The molecule has 0 saturated carbocycles. The molecule has 2 aromatic rings. The van der Waals surface area contributed by atoms with E-state index in [9.17, 15) is 10.1 Å². The Morgan fingerprint density at radius 3 is 2.47 bits per heavy atom. The maximum Gasteiger partial charge on any atom is 0.269 e. The molecule has 0 radical (unpaired) electrons. The van der Waals surface area contributed by atoms with Crippen molar-refractivity contribution in [2.24, 2.45) is 0 Å². The van der Waals surface area contributed by atoms with Crippen LogP contribution in [0.25, 0.3) is 0 Å². The van der Waals surface area contributed by atoms with Gasteiger partial charge in [-0.15, -0.1) is 4.20 Å². The second-order valence-electron chi connectivity index (χ2n) is 4.05. The van der Waals surface area contributed by atoms with E-state index in [2.05, 4.69) is 0 Å². The summed E-state index contributed by atoms with van der Waals surface area (Å²) in [6, 6.07) is 14.3. The molecule has 0 bridgehead atoms. The average molecular weight is 288 g/mol. The van der Waals surface area contributed by atoms with Gasteiger partial charge in [0.15, 0.2) is 0 Å². The number of nitro groups is 1. The van der Waals surface area contributed by atoms with Gasteiger partial charge in [0, 0.05) is 12.1 Å². The van der Waals surface area contributed by atoms with Gasteiger partial charge in [-0.3, -0.25) is 10.1 Å². The average Bonchev–Trinajstić information content (AvgIpc) is 2.39. The van der Waals surface area contributed by atoms with Gasteiger partial charge in [0.05, 0.1) is 4.92 Å². The summed E-state index contributed by atoms with van der Waals surface area (Å²) >= 11 is 10.0. The fourth-order valence-corrected chi connectivity index (χ4v) is 2.25. The van der Waals surface area contributed by atoms with Gasteiger partial charge in [-0.1, -0.05) is 30.3 Å². The molecule has 2 aromatic carbocycles. The molecule has 0 amide bonds. The topological polar surface area (TPSA) is 43.1 Å². The first-order valence-electron chi connectivity index (χ1n) is 5.60. The molecule has 0 aliphatic rings. The second-order valence-corrected chi connectivity index (χ2v) is 5.12. The Bertz CT molecular complexity index is 627. The first-order chi connectivity index (χ1) is 9.08. The molecule has 0 heterocycles. The Hall–Kier alpha value is -1.85. The molecule has 0 fully saturated rings. The highest BCUT2D eigenvalue weighted by Gasteiger charge is 2.10. The second kappa shape index (κ2) is 5.86. The van der Waals surface area contributed by atoms with Crippen molar-refractivity contribution < 1.29 is 4.92 Å². The zero-order chi connectivity index (χ0) is 13.8. The SMILES string of the molecule is O=[N+]([O-])c1ccc(C(=S)[S-])c(Cc2ccccc2)c1. The smallest absolute Gasteiger partial charge is 0.269 e. The molecular weight excluding hydrogens is 278 g/mol. The van der Waals surface area contributed by atoms with Gasteiger partial charge in [0.2, 0.25) is 0 Å². The Morgan fingerprint density at radius 1 is 1.21 bits per heavy atom. The predicted octanol–water partition coefficient (Wildman–Crippen LogP) is 3.41. The summed E-state index contributed by atoms with van der Waals surface area (Å²) in [7, 11) is 0. The molecule has 3 nitrogen and oxygen atoms in total. The standard InChI is InChI=1S/C14H11NO2S2/c16-15(17)12-6-7-13(14(18)19)11(9-12)8-10-4-2-1-3-5-10/h1-7,9H,8H2,(H,18,19)/p-1. The van der Waals surface area contributed by atoms with E-state index in [-0.39, 0.29) is 5.69 Å². The van der Waals surface area contributed by atoms with Crippen LogP contribution in [0.2, 0.25) is 0 Å². The molecular formula is C14H10NO2S2-. The lowest BCUT2D eigenvalue weighted by Gasteiger charge is -2.12. The number of non-ortho nitro benzene ring substituents is 1. The van der Waals surface area contributed by atoms with Crippen molar-refractivity contribution in [3.63, 3.8) is 0 Å². The summed E-state index contributed by atoms with van der Waals surface area (Å²) in [6.07, 6.45) is 0.578. The van der Waals surface area contributed by atoms with Crippen molar-refractivity contribution >= 4 is 34.7 Å². The highest BCUT2D eigenvalue weighted by Crippen LogP contribution is 2.21. The molecule has 5 heteroatoms. The van der Waals surface area contributed by atoms with Crippen molar-refractivity contribution in [3.8, 4) is 0 Å². The Kier molecular flexibility index (Phi) is 4.19. The lowest BCUT2D eigenvalue weighted by atomic mass is 10.00. The van der Waals surface area contributed by atoms with Crippen LogP contribution in [0.4, 0.5) is 5.69 Å². The van der Waals surface area contributed by atoms with Crippen LogP contribution < -0.4 is 0 Å². The lowest BCUT2D eigenvalue weighted by Crippen LogP contribution is -2.02. The summed E-state index contributed by atoms with van der Waals surface area (Å²) in [5, 5.41) is 10.8. The van der Waals surface area contributed by atoms with Crippen LogP contribution in [0.3, 0.4) is 0 Å². The fourth-order valence-electron chi connectivity index (χ4n) is 1.85. The maximum atomic E-state index is 10.8. The molecule has 0 spiro atoms. The third-order valence-electron chi connectivity index (χ3n) is 2.76. The van der Waals surface area contributed by atoms with E-state index in [0.29, 0.717) is 10.6 Å². The number of nitrogens with zero attached hydrogens (tertiary/aromatic N) is 1. The zero-order valence-electron chi connectivity index (χ0n) is 9.91. The number of benzene rings is 2.